The summed E-state index contributed by atoms with van der Waals surface area (Å²) in [4.78, 5) is 3.98. The Balaban J connectivity index is 2.66. The highest BCUT2D eigenvalue weighted by Gasteiger charge is 1.86. The molecule has 0 amide bonds. The minimum Gasteiger partial charge on any atom is -0.318 e. The Labute approximate surface area is 64.1 Å². The second kappa shape index (κ2) is 3.35. The summed E-state index contributed by atoms with van der Waals surface area (Å²) < 4.78 is 0. The quantitative estimate of drug-likeness (QED) is 0.559. The van der Waals surface area contributed by atoms with E-state index in [1.54, 1.807) is 6.20 Å². The van der Waals surface area contributed by atoms with Gasteiger partial charge in [-0.25, -0.2) is 4.98 Å². The zero-order valence-electron chi connectivity index (χ0n) is 5.66. The van der Waals surface area contributed by atoms with Crippen molar-refractivity contribution in [2.24, 2.45) is 5.73 Å². The number of hydrogen-bond donors (Lipinski definition) is 1. The lowest BCUT2D eigenvalue weighted by Crippen LogP contribution is -2.10. The van der Waals surface area contributed by atoms with E-state index in [1.165, 1.54) is 11.3 Å². The molecule has 0 saturated heterocycles. The van der Waals surface area contributed by atoms with Gasteiger partial charge in [-0.2, -0.15) is 0 Å². The Bertz CT molecular complexity index is 240. The molecule has 1 aromatic heterocycles. The Morgan fingerprint density at radius 2 is 2.60 bits per heavy atom. The van der Waals surface area contributed by atoms with Crippen LogP contribution in [0.1, 0.15) is 11.9 Å². The van der Waals surface area contributed by atoms with Crippen molar-refractivity contribution >= 4 is 11.3 Å². The zero-order valence-corrected chi connectivity index (χ0v) is 6.48. The fourth-order valence-electron chi connectivity index (χ4n) is 0.461. The average Bonchev–Trinajstić information content (AvgIpc) is 2.34. The van der Waals surface area contributed by atoms with E-state index in [0.29, 0.717) is 0 Å². The second-order valence-corrected chi connectivity index (χ2v) is 2.79. The van der Waals surface area contributed by atoms with Gasteiger partial charge in [-0.3, -0.25) is 0 Å². The predicted octanol–water partition coefficient (Wildman–Crippen LogP) is 0.842. The molecule has 0 aliphatic heterocycles. The first-order valence-corrected chi connectivity index (χ1v) is 3.83. The summed E-state index contributed by atoms with van der Waals surface area (Å²) in [7, 11) is 0. The van der Waals surface area contributed by atoms with Crippen LogP contribution in [0.5, 0.6) is 0 Å². The van der Waals surface area contributed by atoms with Crippen LogP contribution in [-0.4, -0.2) is 11.0 Å². The van der Waals surface area contributed by atoms with Crippen molar-refractivity contribution in [1.29, 1.82) is 0 Å². The third-order valence-electron chi connectivity index (χ3n) is 0.839. The maximum absolute atomic E-state index is 5.41. The van der Waals surface area contributed by atoms with E-state index in [0.717, 1.165) is 5.01 Å². The number of nitrogens with zero attached hydrogens (tertiary/aromatic N) is 1. The van der Waals surface area contributed by atoms with Gasteiger partial charge in [0.05, 0.1) is 6.04 Å². The van der Waals surface area contributed by atoms with Crippen LogP contribution in [0.3, 0.4) is 0 Å². The third-order valence-corrected chi connectivity index (χ3v) is 1.53. The number of aromatic nitrogens is 1. The van der Waals surface area contributed by atoms with Crippen molar-refractivity contribution in [2.45, 2.75) is 13.0 Å². The van der Waals surface area contributed by atoms with Gasteiger partial charge in [0.1, 0.15) is 0 Å². The van der Waals surface area contributed by atoms with E-state index < -0.39 is 0 Å². The Morgan fingerprint density at radius 3 is 3.10 bits per heavy atom. The number of rotatable bonds is 0. The minimum absolute atomic E-state index is 0.0658. The number of nitrogens with two attached hydrogens (primary N) is 1. The molecule has 1 unspecified atom stereocenters. The van der Waals surface area contributed by atoms with Crippen molar-refractivity contribution in [3.63, 3.8) is 0 Å². The standard InChI is InChI=1S/C7H8N2S/c1-6(8)2-3-7-9-4-5-10-7/h4-6H,8H2,1H3. The Kier molecular flexibility index (Phi) is 2.43. The Morgan fingerprint density at radius 1 is 1.80 bits per heavy atom. The van der Waals surface area contributed by atoms with Crippen molar-refractivity contribution in [1.82, 2.24) is 4.98 Å². The van der Waals surface area contributed by atoms with E-state index >= 15 is 0 Å². The first kappa shape index (κ1) is 7.26. The average molecular weight is 152 g/mol. The summed E-state index contributed by atoms with van der Waals surface area (Å²) in [5.41, 5.74) is 5.41. The monoisotopic (exact) mass is 152 g/mol. The highest BCUT2D eigenvalue weighted by atomic mass is 32.1. The highest BCUT2D eigenvalue weighted by Crippen LogP contribution is 2.00. The molecule has 0 bridgehead atoms. The lowest BCUT2D eigenvalue weighted by molar-refractivity contribution is 0.959. The fraction of sp³-hybridized carbons (Fsp3) is 0.286. The van der Waals surface area contributed by atoms with Gasteiger partial charge in [-0.05, 0) is 12.8 Å². The van der Waals surface area contributed by atoms with Gasteiger partial charge in [-0.1, -0.05) is 5.92 Å². The van der Waals surface area contributed by atoms with Crippen molar-refractivity contribution in [3.05, 3.63) is 16.6 Å². The molecule has 0 saturated carbocycles. The van der Waals surface area contributed by atoms with Crippen molar-refractivity contribution in [3.8, 4) is 11.8 Å². The molecule has 1 heterocycles. The molecule has 0 radical (unpaired) electrons. The molecule has 1 aromatic rings. The van der Waals surface area contributed by atoms with Gasteiger partial charge in [0.2, 0.25) is 0 Å². The summed E-state index contributed by atoms with van der Waals surface area (Å²) in [5, 5.41) is 2.72. The van der Waals surface area contributed by atoms with Crippen LogP contribution in [0.15, 0.2) is 11.6 Å². The fourth-order valence-corrected chi connectivity index (χ4v) is 0.951. The largest absolute Gasteiger partial charge is 0.318 e. The first-order chi connectivity index (χ1) is 4.79. The van der Waals surface area contributed by atoms with E-state index in [-0.39, 0.29) is 6.04 Å². The van der Waals surface area contributed by atoms with Gasteiger partial charge in [0.25, 0.3) is 0 Å². The Hall–Kier alpha value is -0.850. The van der Waals surface area contributed by atoms with Gasteiger partial charge in [0.15, 0.2) is 5.01 Å². The van der Waals surface area contributed by atoms with E-state index in [4.69, 9.17) is 5.73 Å². The summed E-state index contributed by atoms with van der Waals surface area (Å²) in [6.07, 6.45) is 1.73. The molecule has 2 N–H and O–H groups in total. The first-order valence-electron chi connectivity index (χ1n) is 2.95. The van der Waals surface area contributed by atoms with Gasteiger partial charge in [-0.15, -0.1) is 11.3 Å². The molecule has 1 rings (SSSR count). The molecule has 52 valence electrons. The van der Waals surface area contributed by atoms with Crippen LogP contribution in [0, 0.1) is 11.8 Å². The summed E-state index contributed by atoms with van der Waals surface area (Å²) in [6, 6.07) is -0.0658. The molecule has 0 aliphatic carbocycles. The van der Waals surface area contributed by atoms with E-state index in [2.05, 4.69) is 16.8 Å². The molecule has 10 heavy (non-hydrogen) atoms. The predicted molar refractivity (Wildman–Crippen MR) is 42.6 cm³/mol. The minimum atomic E-state index is -0.0658. The summed E-state index contributed by atoms with van der Waals surface area (Å²) >= 11 is 1.52. The maximum Gasteiger partial charge on any atom is 0.166 e. The van der Waals surface area contributed by atoms with Crippen LogP contribution in [0.25, 0.3) is 0 Å². The van der Waals surface area contributed by atoms with E-state index in [1.807, 2.05) is 12.3 Å². The van der Waals surface area contributed by atoms with Gasteiger partial charge < -0.3 is 5.73 Å². The van der Waals surface area contributed by atoms with Crippen molar-refractivity contribution in [2.75, 3.05) is 0 Å². The summed E-state index contributed by atoms with van der Waals surface area (Å²) in [5.74, 6) is 5.68. The maximum atomic E-state index is 5.41. The van der Waals surface area contributed by atoms with Crippen LogP contribution in [0.2, 0.25) is 0 Å². The molecule has 0 aromatic carbocycles. The second-order valence-electron chi connectivity index (χ2n) is 1.90. The van der Waals surface area contributed by atoms with Crippen molar-refractivity contribution < 1.29 is 0 Å². The smallest absolute Gasteiger partial charge is 0.166 e. The molecule has 1 atom stereocenters. The molecule has 3 heteroatoms. The SMILES string of the molecule is CC(N)C#Cc1nccs1. The molecule has 0 spiro atoms. The van der Waals surface area contributed by atoms with Crippen LogP contribution in [0.4, 0.5) is 0 Å². The lowest BCUT2D eigenvalue weighted by Gasteiger charge is -1.85. The molecule has 0 fully saturated rings. The lowest BCUT2D eigenvalue weighted by atomic mass is 10.4. The van der Waals surface area contributed by atoms with E-state index in [9.17, 15) is 0 Å². The molecular formula is C7H8N2S. The third kappa shape index (κ3) is 2.18. The van der Waals surface area contributed by atoms with Crippen LogP contribution < -0.4 is 5.73 Å². The van der Waals surface area contributed by atoms with Gasteiger partial charge >= 0.3 is 0 Å². The van der Waals surface area contributed by atoms with Crippen LogP contribution >= 0.6 is 11.3 Å². The molecule has 0 aliphatic rings. The molecular weight excluding hydrogens is 144 g/mol. The van der Waals surface area contributed by atoms with Crippen LogP contribution in [-0.2, 0) is 0 Å². The number of hydrogen-bond acceptors (Lipinski definition) is 3. The number of thiazole rings is 1. The topological polar surface area (TPSA) is 38.9 Å². The zero-order chi connectivity index (χ0) is 7.40. The summed E-state index contributed by atoms with van der Waals surface area (Å²) in [6.45, 7) is 1.85. The van der Waals surface area contributed by atoms with Gasteiger partial charge in [0, 0.05) is 11.6 Å². The normalized spacial score (nSPS) is 11.8. The molecule has 2 nitrogen and oxygen atoms in total. The highest BCUT2D eigenvalue weighted by molar-refractivity contribution is 7.10.